The van der Waals surface area contributed by atoms with Crippen molar-refractivity contribution in [2.75, 3.05) is 7.11 Å². The molecule has 30 heavy (non-hydrogen) atoms. The van der Waals surface area contributed by atoms with Crippen LogP contribution in [0.5, 0.6) is 11.6 Å². The van der Waals surface area contributed by atoms with E-state index in [0.717, 1.165) is 12.3 Å². The third-order valence-corrected chi connectivity index (χ3v) is 4.16. The van der Waals surface area contributed by atoms with Crippen LogP contribution < -0.4 is 9.47 Å². The van der Waals surface area contributed by atoms with E-state index >= 15 is 0 Å². The van der Waals surface area contributed by atoms with Gasteiger partial charge in [-0.3, -0.25) is 0 Å². The molecular weight excluding hydrogens is 430 g/mol. The number of ether oxygens (including phenoxy) is 2. The van der Waals surface area contributed by atoms with Gasteiger partial charge in [-0.15, -0.1) is 0 Å². The fraction of sp³-hybridized carbons (Fsp3) is 0.333. The number of methoxy groups -OCH3 is 1. The molecule has 3 aromatic heterocycles. The molecule has 7 nitrogen and oxygen atoms in total. The second-order valence-electron chi connectivity index (χ2n) is 6.42. The summed E-state index contributed by atoms with van der Waals surface area (Å²) in [5.41, 5.74) is -1.11. The molecule has 0 N–H and O–H groups in total. The van der Waals surface area contributed by atoms with E-state index in [1.54, 1.807) is 13.8 Å². The van der Waals surface area contributed by atoms with Crippen LogP contribution in [0.25, 0.3) is 11.5 Å². The molecule has 0 unspecified atom stereocenters. The second-order valence-corrected chi connectivity index (χ2v) is 6.76. The molecule has 0 fully saturated rings. The number of hydrogen-bond acceptors (Lipinski definition) is 6. The summed E-state index contributed by atoms with van der Waals surface area (Å²) >= 11 is 5.72. The molecular formula is C18H16ClF4N5O2. The maximum absolute atomic E-state index is 14.7. The zero-order valence-electron chi connectivity index (χ0n) is 16.0. The van der Waals surface area contributed by atoms with Gasteiger partial charge in [-0.1, -0.05) is 0 Å². The van der Waals surface area contributed by atoms with Crippen LogP contribution in [0, 0.1) is 5.82 Å². The van der Waals surface area contributed by atoms with Crippen LogP contribution in [0.4, 0.5) is 17.6 Å². The smallest absolute Gasteiger partial charge is 0.434 e. The van der Waals surface area contributed by atoms with Gasteiger partial charge in [0, 0.05) is 24.0 Å². The van der Waals surface area contributed by atoms with Gasteiger partial charge in [0.2, 0.25) is 5.28 Å². The Labute approximate surface area is 173 Å². The van der Waals surface area contributed by atoms with Crippen LogP contribution in [0.1, 0.15) is 31.1 Å². The summed E-state index contributed by atoms with van der Waals surface area (Å²) in [6.07, 6.45) is -1.23. The quantitative estimate of drug-likeness (QED) is 0.404. The minimum absolute atomic E-state index is 0.0483. The molecule has 0 amide bonds. The highest BCUT2D eigenvalue weighted by atomic mass is 35.5. The maximum atomic E-state index is 14.7. The molecule has 0 saturated carbocycles. The van der Waals surface area contributed by atoms with E-state index in [2.05, 4.69) is 19.9 Å². The average molecular weight is 446 g/mol. The summed E-state index contributed by atoms with van der Waals surface area (Å²) in [6.45, 7) is 3.18. The first-order chi connectivity index (χ1) is 14.1. The molecule has 3 aromatic rings. The molecule has 0 atom stereocenters. The van der Waals surface area contributed by atoms with Gasteiger partial charge in [0.1, 0.15) is 12.3 Å². The first-order valence-corrected chi connectivity index (χ1v) is 8.98. The van der Waals surface area contributed by atoms with Gasteiger partial charge in [-0.05, 0) is 31.5 Å². The highest BCUT2D eigenvalue weighted by Gasteiger charge is 2.35. The van der Waals surface area contributed by atoms with Gasteiger partial charge >= 0.3 is 6.18 Å². The van der Waals surface area contributed by atoms with Gasteiger partial charge in [0.15, 0.2) is 23.1 Å². The van der Waals surface area contributed by atoms with E-state index < -0.39 is 17.7 Å². The van der Waals surface area contributed by atoms with Crippen LogP contribution in [0.2, 0.25) is 5.28 Å². The lowest BCUT2D eigenvalue weighted by Gasteiger charge is -2.12. The van der Waals surface area contributed by atoms with Crippen LogP contribution >= 0.6 is 11.6 Å². The van der Waals surface area contributed by atoms with Crippen molar-refractivity contribution in [3.05, 3.63) is 47.0 Å². The molecule has 0 saturated heterocycles. The van der Waals surface area contributed by atoms with Crippen molar-refractivity contribution in [2.24, 2.45) is 0 Å². The Morgan fingerprint density at radius 3 is 2.50 bits per heavy atom. The Bertz CT molecular complexity index is 1060. The lowest BCUT2D eigenvalue weighted by atomic mass is 10.2. The van der Waals surface area contributed by atoms with E-state index in [-0.39, 0.29) is 41.1 Å². The SMILES string of the molecule is COc1cnc(Cl)nc1OCc1cnc(-c2nc(C(F)(F)F)cn2C(C)C)c(F)c1. The van der Waals surface area contributed by atoms with Gasteiger partial charge < -0.3 is 14.0 Å². The van der Waals surface area contributed by atoms with E-state index in [9.17, 15) is 17.6 Å². The molecule has 160 valence electrons. The van der Waals surface area contributed by atoms with Crippen molar-refractivity contribution < 1.29 is 27.0 Å². The number of halogens is 5. The predicted molar refractivity (Wildman–Crippen MR) is 98.7 cm³/mol. The standard InChI is InChI=1S/C18H16ClF4N5O2/c1-9(2)28-7-13(18(21,22)23)26-15(28)14-11(20)4-10(5-24-14)8-30-16-12(29-3)6-25-17(19)27-16/h4-7,9H,8H2,1-3H3. The van der Waals surface area contributed by atoms with Crippen LogP contribution in [-0.2, 0) is 12.8 Å². The topological polar surface area (TPSA) is 75.0 Å². The monoisotopic (exact) mass is 445 g/mol. The zero-order valence-corrected chi connectivity index (χ0v) is 16.8. The Morgan fingerprint density at radius 2 is 1.90 bits per heavy atom. The van der Waals surface area contributed by atoms with Gasteiger partial charge in [0.25, 0.3) is 5.88 Å². The molecule has 0 bridgehead atoms. The first-order valence-electron chi connectivity index (χ1n) is 8.60. The number of imidazole rings is 1. The Hall–Kier alpha value is -2.95. The lowest BCUT2D eigenvalue weighted by molar-refractivity contribution is -0.140. The molecule has 0 aliphatic heterocycles. The molecule has 0 spiro atoms. The van der Waals surface area contributed by atoms with E-state index in [1.807, 2.05) is 0 Å². The number of hydrogen-bond donors (Lipinski definition) is 0. The minimum atomic E-state index is -4.66. The average Bonchev–Trinajstić information content (AvgIpc) is 3.12. The Balaban J connectivity index is 1.88. The van der Waals surface area contributed by atoms with Crippen molar-refractivity contribution in [2.45, 2.75) is 32.7 Å². The zero-order chi connectivity index (χ0) is 22.1. The highest BCUT2D eigenvalue weighted by molar-refractivity contribution is 6.28. The molecule has 0 aromatic carbocycles. The van der Waals surface area contributed by atoms with Gasteiger partial charge in [-0.2, -0.15) is 18.2 Å². The van der Waals surface area contributed by atoms with Crippen molar-refractivity contribution in [3.63, 3.8) is 0 Å². The molecule has 0 aliphatic rings. The predicted octanol–water partition coefficient (Wildman–Crippen LogP) is 4.71. The fourth-order valence-corrected chi connectivity index (χ4v) is 2.68. The number of aromatic nitrogens is 5. The maximum Gasteiger partial charge on any atom is 0.434 e. The molecule has 3 rings (SSSR count). The normalized spacial score (nSPS) is 11.8. The summed E-state index contributed by atoms with van der Waals surface area (Å²) in [5, 5.41) is -0.0635. The van der Waals surface area contributed by atoms with E-state index in [4.69, 9.17) is 21.1 Å². The van der Waals surface area contributed by atoms with Crippen molar-refractivity contribution >= 4 is 11.6 Å². The summed E-state index contributed by atoms with van der Waals surface area (Å²) < 4.78 is 65.6. The summed E-state index contributed by atoms with van der Waals surface area (Å²) in [6, 6.07) is 0.715. The highest BCUT2D eigenvalue weighted by Crippen LogP contribution is 2.33. The lowest BCUT2D eigenvalue weighted by Crippen LogP contribution is -2.06. The molecule has 0 radical (unpaired) electrons. The number of alkyl halides is 3. The Morgan fingerprint density at radius 1 is 1.17 bits per heavy atom. The van der Waals surface area contributed by atoms with Crippen molar-refractivity contribution in [1.82, 2.24) is 24.5 Å². The molecule has 12 heteroatoms. The van der Waals surface area contributed by atoms with E-state index in [0.29, 0.717) is 5.56 Å². The van der Waals surface area contributed by atoms with Gasteiger partial charge in [-0.25, -0.2) is 19.3 Å². The third kappa shape index (κ3) is 4.61. The number of rotatable bonds is 6. The second kappa shape index (κ2) is 8.42. The summed E-state index contributed by atoms with van der Waals surface area (Å²) in [4.78, 5) is 15.1. The Kier molecular flexibility index (Phi) is 6.11. The molecule has 3 heterocycles. The van der Waals surface area contributed by atoms with E-state index in [1.165, 1.54) is 24.1 Å². The van der Waals surface area contributed by atoms with Gasteiger partial charge in [0.05, 0.1) is 13.3 Å². The van der Waals surface area contributed by atoms with Crippen LogP contribution in [0.15, 0.2) is 24.7 Å². The van der Waals surface area contributed by atoms with Crippen molar-refractivity contribution in [3.8, 4) is 23.1 Å². The van der Waals surface area contributed by atoms with Crippen molar-refractivity contribution in [1.29, 1.82) is 0 Å². The van der Waals surface area contributed by atoms with Crippen LogP contribution in [0.3, 0.4) is 0 Å². The number of nitrogens with zero attached hydrogens (tertiary/aromatic N) is 5. The number of pyridine rings is 1. The summed E-state index contributed by atoms with van der Waals surface area (Å²) in [5.74, 6) is -0.785. The third-order valence-electron chi connectivity index (χ3n) is 3.98. The summed E-state index contributed by atoms with van der Waals surface area (Å²) in [7, 11) is 1.39. The minimum Gasteiger partial charge on any atom is -0.490 e. The first kappa shape index (κ1) is 21.8. The molecule has 0 aliphatic carbocycles. The largest absolute Gasteiger partial charge is 0.490 e. The fourth-order valence-electron chi connectivity index (χ4n) is 2.55. The van der Waals surface area contributed by atoms with Crippen LogP contribution in [-0.4, -0.2) is 31.6 Å².